The van der Waals surface area contributed by atoms with E-state index in [2.05, 4.69) is 13.0 Å². The molecule has 0 radical (unpaired) electrons. The highest BCUT2D eigenvalue weighted by molar-refractivity contribution is 5.89. The van der Waals surface area contributed by atoms with Crippen LogP contribution in [0.1, 0.15) is 57.4 Å². The third-order valence-corrected chi connectivity index (χ3v) is 6.92. The first kappa shape index (κ1) is 28.5. The van der Waals surface area contributed by atoms with Gasteiger partial charge < -0.3 is 4.74 Å². The minimum atomic E-state index is -4.92. The summed E-state index contributed by atoms with van der Waals surface area (Å²) < 4.78 is 102. The first-order valence-corrected chi connectivity index (χ1v) is 12.9. The van der Waals surface area contributed by atoms with E-state index in [-0.39, 0.29) is 28.7 Å². The van der Waals surface area contributed by atoms with Crippen LogP contribution < -0.4 is 4.74 Å². The first-order chi connectivity index (χ1) is 18.6. The molecule has 0 aromatic heterocycles. The summed E-state index contributed by atoms with van der Waals surface area (Å²) in [4.78, 5) is 0. The highest BCUT2D eigenvalue weighted by Gasteiger charge is 2.24. The predicted octanol–water partition coefficient (Wildman–Crippen LogP) is 9.66. The maximum atomic E-state index is 15.0. The lowest BCUT2D eigenvalue weighted by atomic mass is 9.86. The van der Waals surface area contributed by atoms with Crippen molar-refractivity contribution in [1.82, 2.24) is 0 Å². The molecule has 3 aromatic rings. The summed E-state index contributed by atoms with van der Waals surface area (Å²) in [7, 11) is 0. The maximum Gasteiger partial charge on any atom is 0.458 e. The maximum absolute atomic E-state index is 15.0. The predicted molar refractivity (Wildman–Crippen MR) is 137 cm³/mol. The van der Waals surface area contributed by atoms with Gasteiger partial charge in [-0.1, -0.05) is 56.7 Å². The molecular formula is C31H27F7O. The van der Waals surface area contributed by atoms with Gasteiger partial charge in [0.15, 0.2) is 0 Å². The van der Waals surface area contributed by atoms with E-state index in [1.165, 1.54) is 37.7 Å². The zero-order valence-electron chi connectivity index (χ0n) is 21.3. The van der Waals surface area contributed by atoms with Crippen LogP contribution in [0.15, 0.2) is 48.0 Å². The molecule has 0 fully saturated rings. The minimum Gasteiger partial charge on any atom is -0.489 e. The number of alkyl halides is 3. The van der Waals surface area contributed by atoms with E-state index in [1.807, 2.05) is 0 Å². The molecule has 1 unspecified atom stereocenters. The highest BCUT2D eigenvalue weighted by Crippen LogP contribution is 2.34. The molecule has 0 aliphatic heterocycles. The van der Waals surface area contributed by atoms with Crippen LogP contribution in [0.4, 0.5) is 30.7 Å². The summed E-state index contributed by atoms with van der Waals surface area (Å²) in [6.07, 6.45) is 5.01. The first-order valence-electron chi connectivity index (χ1n) is 12.9. The Bertz CT molecular complexity index is 1420. The zero-order valence-corrected chi connectivity index (χ0v) is 21.3. The van der Waals surface area contributed by atoms with Gasteiger partial charge in [-0.05, 0) is 53.8 Å². The van der Waals surface area contributed by atoms with E-state index >= 15 is 0 Å². The van der Waals surface area contributed by atoms with Gasteiger partial charge in [0.1, 0.15) is 35.6 Å². The average molecular weight is 549 g/mol. The van der Waals surface area contributed by atoms with Gasteiger partial charge in [-0.3, -0.25) is 0 Å². The van der Waals surface area contributed by atoms with E-state index in [0.717, 1.165) is 61.1 Å². The molecule has 1 atom stereocenters. The second-order valence-electron chi connectivity index (χ2n) is 9.78. The van der Waals surface area contributed by atoms with Crippen LogP contribution in [0.3, 0.4) is 0 Å². The summed E-state index contributed by atoms with van der Waals surface area (Å²) in [6, 6.07) is 6.37. The summed E-state index contributed by atoms with van der Waals surface area (Å²) >= 11 is 0. The number of allylic oxidation sites excluding steroid dienone is 1. The SMILES string of the molecule is CCCCCC1CC=C(COc2cc(F)c(-c3ccc4c(F)c(C#CC(F)(F)F)c(F)cc4c3)c(F)c2)CC1. The van der Waals surface area contributed by atoms with E-state index in [1.54, 1.807) is 0 Å². The van der Waals surface area contributed by atoms with Crippen molar-refractivity contribution < 1.29 is 35.5 Å². The van der Waals surface area contributed by atoms with Gasteiger partial charge >= 0.3 is 6.18 Å². The van der Waals surface area contributed by atoms with E-state index in [0.29, 0.717) is 5.92 Å². The van der Waals surface area contributed by atoms with Crippen LogP contribution in [-0.2, 0) is 0 Å². The second-order valence-corrected chi connectivity index (χ2v) is 9.78. The molecule has 0 bridgehead atoms. The number of halogens is 7. The van der Waals surface area contributed by atoms with Crippen LogP contribution >= 0.6 is 0 Å². The van der Waals surface area contributed by atoms with Crippen molar-refractivity contribution in [1.29, 1.82) is 0 Å². The van der Waals surface area contributed by atoms with Crippen molar-refractivity contribution in [2.24, 2.45) is 5.92 Å². The van der Waals surface area contributed by atoms with E-state index in [9.17, 15) is 30.7 Å². The van der Waals surface area contributed by atoms with E-state index in [4.69, 9.17) is 4.74 Å². The third-order valence-electron chi connectivity index (χ3n) is 6.92. The van der Waals surface area contributed by atoms with Gasteiger partial charge in [0.2, 0.25) is 0 Å². The monoisotopic (exact) mass is 548 g/mol. The van der Waals surface area contributed by atoms with Crippen LogP contribution in [0.25, 0.3) is 21.9 Å². The molecule has 0 saturated heterocycles. The Morgan fingerprint density at radius 3 is 2.33 bits per heavy atom. The minimum absolute atomic E-state index is 0.000999. The summed E-state index contributed by atoms with van der Waals surface area (Å²) in [5, 5.41) is -0.322. The molecule has 206 valence electrons. The lowest BCUT2D eigenvalue weighted by Crippen LogP contribution is -2.10. The van der Waals surface area contributed by atoms with Crippen LogP contribution in [-0.4, -0.2) is 12.8 Å². The fraction of sp³-hybridized carbons (Fsp3) is 0.355. The quantitative estimate of drug-likeness (QED) is 0.118. The Hall–Kier alpha value is -3.47. The van der Waals surface area contributed by atoms with Crippen molar-refractivity contribution in [2.75, 3.05) is 6.61 Å². The van der Waals surface area contributed by atoms with Crippen molar-refractivity contribution in [2.45, 2.75) is 58.0 Å². The second kappa shape index (κ2) is 12.1. The van der Waals surface area contributed by atoms with Gasteiger partial charge in [0, 0.05) is 23.4 Å². The topological polar surface area (TPSA) is 9.23 Å². The lowest BCUT2D eigenvalue weighted by molar-refractivity contribution is -0.0696. The van der Waals surface area contributed by atoms with Crippen LogP contribution in [0, 0.1) is 41.0 Å². The number of hydrogen-bond acceptors (Lipinski definition) is 1. The molecule has 0 N–H and O–H groups in total. The van der Waals surface area contributed by atoms with Crippen LogP contribution in [0.2, 0.25) is 0 Å². The molecule has 8 heteroatoms. The number of fused-ring (bicyclic) bond motifs is 1. The van der Waals surface area contributed by atoms with Crippen LogP contribution in [0.5, 0.6) is 5.75 Å². The normalized spacial score (nSPS) is 15.6. The molecular weight excluding hydrogens is 521 g/mol. The average Bonchev–Trinajstić information content (AvgIpc) is 2.87. The number of ether oxygens (including phenoxy) is 1. The van der Waals surface area contributed by atoms with E-state index < -0.39 is 40.6 Å². The summed E-state index contributed by atoms with van der Waals surface area (Å²) in [5.74, 6) is -1.46. The molecule has 0 saturated carbocycles. The van der Waals surface area contributed by atoms with Gasteiger partial charge in [-0.15, -0.1) is 0 Å². The van der Waals surface area contributed by atoms with Gasteiger partial charge in [-0.25, -0.2) is 17.6 Å². The standard InChI is InChI=1S/C31H27F7O/c1-2-3-4-5-19-6-8-20(9-7-19)18-39-23-16-27(33)29(28(34)17-23)21-10-11-24-22(14-21)15-26(32)25(30(24)35)12-13-31(36,37)38/h8,10-11,14-17,19H,2-7,9,18H2,1H3. The Morgan fingerprint density at radius 2 is 1.69 bits per heavy atom. The van der Waals surface area contributed by atoms with Crippen molar-refractivity contribution in [3.8, 4) is 28.7 Å². The highest BCUT2D eigenvalue weighted by atomic mass is 19.4. The fourth-order valence-corrected chi connectivity index (χ4v) is 4.84. The number of rotatable bonds is 8. The molecule has 1 aliphatic rings. The zero-order chi connectivity index (χ0) is 28.2. The molecule has 39 heavy (non-hydrogen) atoms. The Labute approximate surface area is 222 Å². The molecule has 0 heterocycles. The third kappa shape index (κ3) is 7.14. The van der Waals surface area contributed by atoms with Gasteiger partial charge in [0.25, 0.3) is 0 Å². The van der Waals surface area contributed by atoms with Gasteiger partial charge in [-0.2, -0.15) is 13.2 Å². The Balaban J connectivity index is 1.51. The fourth-order valence-electron chi connectivity index (χ4n) is 4.84. The summed E-state index contributed by atoms with van der Waals surface area (Å²) in [5.41, 5.74) is -0.366. The van der Waals surface area contributed by atoms with Crippen molar-refractivity contribution in [3.63, 3.8) is 0 Å². The lowest BCUT2D eigenvalue weighted by Gasteiger charge is -2.22. The number of unbranched alkanes of at least 4 members (excludes halogenated alkanes) is 2. The Kier molecular flexibility index (Phi) is 8.89. The summed E-state index contributed by atoms with van der Waals surface area (Å²) in [6.45, 7) is 2.41. The smallest absolute Gasteiger partial charge is 0.458 e. The molecule has 3 aromatic carbocycles. The molecule has 4 rings (SSSR count). The molecule has 1 nitrogen and oxygen atoms in total. The molecule has 0 spiro atoms. The van der Waals surface area contributed by atoms with Crippen molar-refractivity contribution in [3.05, 3.63) is 76.9 Å². The molecule has 1 aliphatic carbocycles. The van der Waals surface area contributed by atoms with Crippen molar-refractivity contribution >= 4 is 10.8 Å². The largest absolute Gasteiger partial charge is 0.489 e. The molecule has 0 amide bonds. The number of benzene rings is 3. The Morgan fingerprint density at radius 1 is 0.949 bits per heavy atom. The number of hydrogen-bond donors (Lipinski definition) is 0. The van der Waals surface area contributed by atoms with Gasteiger partial charge in [0.05, 0.1) is 11.1 Å².